The summed E-state index contributed by atoms with van der Waals surface area (Å²) in [6, 6.07) is 8.48. The lowest BCUT2D eigenvalue weighted by Gasteiger charge is -2.33. The van der Waals surface area contributed by atoms with E-state index in [4.69, 9.17) is 4.74 Å². The molecule has 0 radical (unpaired) electrons. The number of ether oxygens (including phenoxy) is 1. The minimum Gasteiger partial charge on any atom is -0.497 e. The van der Waals surface area contributed by atoms with E-state index in [0.29, 0.717) is 17.0 Å². The summed E-state index contributed by atoms with van der Waals surface area (Å²) in [5.41, 5.74) is 1.07. The standard InChI is InChI=1S/C18H24N4O3S/c1-14-12-16(25-3)5-6-17(14)26(23,24)20-15-4-7-18(19-13-15)22-10-8-21(2)9-11-22/h4-7,12-13,20H,8-11H2,1-3H3. The van der Waals surface area contributed by atoms with Gasteiger partial charge < -0.3 is 14.5 Å². The van der Waals surface area contributed by atoms with Gasteiger partial charge in [-0.15, -0.1) is 0 Å². The van der Waals surface area contributed by atoms with Crippen molar-refractivity contribution in [2.45, 2.75) is 11.8 Å². The van der Waals surface area contributed by atoms with Crippen LogP contribution in [0.3, 0.4) is 0 Å². The van der Waals surface area contributed by atoms with Gasteiger partial charge in [-0.05, 0) is 49.9 Å². The minimum absolute atomic E-state index is 0.224. The van der Waals surface area contributed by atoms with Crippen molar-refractivity contribution in [3.05, 3.63) is 42.1 Å². The fourth-order valence-corrected chi connectivity index (χ4v) is 4.20. The van der Waals surface area contributed by atoms with Crippen LogP contribution in [0.1, 0.15) is 5.56 Å². The molecule has 0 atom stereocenters. The molecular formula is C18H24N4O3S. The van der Waals surface area contributed by atoms with Crippen molar-refractivity contribution in [2.24, 2.45) is 0 Å². The van der Waals surface area contributed by atoms with Gasteiger partial charge in [-0.2, -0.15) is 0 Å². The number of hydrogen-bond donors (Lipinski definition) is 1. The van der Waals surface area contributed by atoms with Crippen LogP contribution < -0.4 is 14.4 Å². The molecule has 2 heterocycles. The number of rotatable bonds is 5. The number of nitrogens with zero attached hydrogens (tertiary/aromatic N) is 3. The molecule has 26 heavy (non-hydrogen) atoms. The number of benzene rings is 1. The van der Waals surface area contributed by atoms with Crippen LogP contribution in [0.2, 0.25) is 0 Å². The molecule has 7 nitrogen and oxygen atoms in total. The Balaban J connectivity index is 1.74. The van der Waals surface area contributed by atoms with Crippen molar-refractivity contribution < 1.29 is 13.2 Å². The van der Waals surface area contributed by atoms with Gasteiger partial charge in [0, 0.05) is 26.2 Å². The highest BCUT2D eigenvalue weighted by Gasteiger charge is 2.19. The van der Waals surface area contributed by atoms with Crippen molar-refractivity contribution in [3.63, 3.8) is 0 Å². The average molecular weight is 376 g/mol. The van der Waals surface area contributed by atoms with Gasteiger partial charge >= 0.3 is 0 Å². The Labute approximate surface area is 154 Å². The number of sulfonamides is 1. The lowest BCUT2D eigenvalue weighted by Crippen LogP contribution is -2.44. The first-order valence-electron chi connectivity index (χ1n) is 8.46. The summed E-state index contributed by atoms with van der Waals surface area (Å²) in [7, 11) is -0.0284. The zero-order valence-electron chi connectivity index (χ0n) is 15.3. The van der Waals surface area contributed by atoms with Crippen molar-refractivity contribution in [1.82, 2.24) is 9.88 Å². The van der Waals surface area contributed by atoms with E-state index in [9.17, 15) is 8.42 Å². The largest absolute Gasteiger partial charge is 0.497 e. The van der Waals surface area contributed by atoms with Gasteiger partial charge in [-0.3, -0.25) is 4.72 Å². The molecule has 0 amide bonds. The molecule has 3 rings (SSSR count). The van der Waals surface area contributed by atoms with Gasteiger partial charge in [0.2, 0.25) is 0 Å². The quantitative estimate of drug-likeness (QED) is 0.860. The van der Waals surface area contributed by atoms with Crippen LogP contribution in [0.5, 0.6) is 5.75 Å². The third-order valence-corrected chi connectivity index (χ3v) is 6.04. The number of aromatic nitrogens is 1. The van der Waals surface area contributed by atoms with E-state index >= 15 is 0 Å². The van der Waals surface area contributed by atoms with E-state index in [0.717, 1.165) is 32.0 Å². The molecule has 0 aliphatic carbocycles. The third-order valence-electron chi connectivity index (χ3n) is 4.50. The number of anilines is 2. The number of hydrogen-bond acceptors (Lipinski definition) is 6. The van der Waals surface area contributed by atoms with E-state index in [-0.39, 0.29) is 4.90 Å². The van der Waals surface area contributed by atoms with E-state index < -0.39 is 10.0 Å². The molecule has 0 spiro atoms. The van der Waals surface area contributed by atoms with Crippen LogP contribution in [0, 0.1) is 6.92 Å². The molecule has 1 aromatic carbocycles. The number of aryl methyl sites for hydroxylation is 1. The molecule has 1 aromatic heterocycles. The van der Waals surface area contributed by atoms with E-state index in [1.807, 2.05) is 6.07 Å². The number of methoxy groups -OCH3 is 1. The van der Waals surface area contributed by atoms with Crippen LogP contribution >= 0.6 is 0 Å². The van der Waals surface area contributed by atoms with Crippen LogP contribution in [0.15, 0.2) is 41.4 Å². The zero-order chi connectivity index (χ0) is 18.7. The number of piperazine rings is 1. The maximum Gasteiger partial charge on any atom is 0.262 e. The summed E-state index contributed by atoms with van der Waals surface area (Å²) >= 11 is 0. The Morgan fingerprint density at radius 1 is 1.12 bits per heavy atom. The van der Waals surface area contributed by atoms with Crippen molar-refractivity contribution >= 4 is 21.5 Å². The normalized spacial score (nSPS) is 15.7. The van der Waals surface area contributed by atoms with Crippen molar-refractivity contribution in [1.29, 1.82) is 0 Å². The smallest absolute Gasteiger partial charge is 0.262 e. The summed E-state index contributed by atoms with van der Waals surface area (Å²) in [6.45, 7) is 5.56. The molecule has 0 unspecified atom stereocenters. The van der Waals surface area contributed by atoms with E-state index in [2.05, 4.69) is 26.6 Å². The molecule has 2 aromatic rings. The molecule has 8 heteroatoms. The lowest BCUT2D eigenvalue weighted by atomic mass is 10.2. The topological polar surface area (TPSA) is 74.8 Å². The first-order valence-corrected chi connectivity index (χ1v) is 9.94. The maximum absolute atomic E-state index is 12.6. The van der Waals surface area contributed by atoms with Gasteiger partial charge in [-0.1, -0.05) is 0 Å². The minimum atomic E-state index is -3.68. The second-order valence-corrected chi connectivity index (χ2v) is 8.08. The monoisotopic (exact) mass is 376 g/mol. The van der Waals surface area contributed by atoms with Crippen molar-refractivity contribution in [2.75, 3.05) is 50.0 Å². The molecule has 1 aliphatic heterocycles. The van der Waals surface area contributed by atoms with Crippen LogP contribution in [-0.2, 0) is 10.0 Å². The molecule has 1 aliphatic rings. The Hall–Kier alpha value is -2.32. The summed E-state index contributed by atoms with van der Waals surface area (Å²) < 4.78 is 33.0. The molecular weight excluding hydrogens is 352 g/mol. The first kappa shape index (κ1) is 18.5. The second-order valence-electron chi connectivity index (χ2n) is 6.43. The highest BCUT2D eigenvalue weighted by molar-refractivity contribution is 7.92. The number of nitrogens with one attached hydrogen (secondary N) is 1. The maximum atomic E-state index is 12.6. The Morgan fingerprint density at radius 2 is 1.85 bits per heavy atom. The SMILES string of the molecule is COc1ccc(S(=O)(=O)Nc2ccc(N3CCN(C)CC3)nc2)c(C)c1. The van der Waals surface area contributed by atoms with Gasteiger partial charge in [-0.25, -0.2) is 13.4 Å². The van der Waals surface area contributed by atoms with Crippen LogP contribution in [0.25, 0.3) is 0 Å². The highest BCUT2D eigenvalue weighted by Crippen LogP contribution is 2.24. The molecule has 0 bridgehead atoms. The predicted octanol–water partition coefficient (Wildman–Crippen LogP) is 1.95. The summed E-state index contributed by atoms with van der Waals surface area (Å²) in [6.07, 6.45) is 1.56. The fourth-order valence-electron chi connectivity index (χ4n) is 2.93. The van der Waals surface area contributed by atoms with Gasteiger partial charge in [0.15, 0.2) is 0 Å². The molecule has 0 saturated carbocycles. The predicted molar refractivity (Wildman–Crippen MR) is 102 cm³/mol. The highest BCUT2D eigenvalue weighted by atomic mass is 32.2. The van der Waals surface area contributed by atoms with E-state index in [1.54, 1.807) is 44.5 Å². The Bertz CT molecular complexity index is 861. The van der Waals surface area contributed by atoms with Gasteiger partial charge in [0.25, 0.3) is 10.0 Å². The summed E-state index contributed by atoms with van der Waals surface area (Å²) in [5.74, 6) is 1.49. The fraction of sp³-hybridized carbons (Fsp3) is 0.389. The molecule has 1 fully saturated rings. The number of pyridine rings is 1. The first-order chi connectivity index (χ1) is 12.4. The van der Waals surface area contributed by atoms with Crippen molar-refractivity contribution in [3.8, 4) is 5.75 Å². The average Bonchev–Trinajstić information content (AvgIpc) is 2.62. The van der Waals surface area contributed by atoms with Crippen LogP contribution in [-0.4, -0.2) is 58.6 Å². The Kier molecular flexibility index (Phi) is 5.33. The second kappa shape index (κ2) is 7.51. The molecule has 1 saturated heterocycles. The van der Waals surface area contributed by atoms with Crippen LogP contribution in [0.4, 0.5) is 11.5 Å². The third kappa shape index (κ3) is 4.08. The molecule has 140 valence electrons. The van der Waals surface area contributed by atoms with Gasteiger partial charge in [0.05, 0.1) is 23.9 Å². The van der Waals surface area contributed by atoms with E-state index in [1.165, 1.54) is 0 Å². The van der Waals surface area contributed by atoms with Gasteiger partial charge in [0.1, 0.15) is 11.6 Å². The Morgan fingerprint density at radius 3 is 2.42 bits per heavy atom. The molecule has 1 N–H and O–H groups in total. The lowest BCUT2D eigenvalue weighted by molar-refractivity contribution is 0.312. The zero-order valence-corrected chi connectivity index (χ0v) is 16.1. The summed E-state index contributed by atoms with van der Waals surface area (Å²) in [5, 5.41) is 0. The summed E-state index contributed by atoms with van der Waals surface area (Å²) in [4.78, 5) is 9.11. The number of likely N-dealkylation sites (N-methyl/N-ethyl adjacent to an activating group) is 1.